The molecule has 1 amide bonds. The van der Waals surface area contributed by atoms with Gasteiger partial charge in [0.1, 0.15) is 0 Å². The maximum absolute atomic E-state index is 11.4. The van der Waals surface area contributed by atoms with Gasteiger partial charge in [0.15, 0.2) is 0 Å². The lowest BCUT2D eigenvalue weighted by molar-refractivity contribution is -0.144. The first-order valence-electron chi connectivity index (χ1n) is 4.98. The van der Waals surface area contributed by atoms with Gasteiger partial charge in [-0.1, -0.05) is 0 Å². The summed E-state index contributed by atoms with van der Waals surface area (Å²) < 4.78 is 0. The van der Waals surface area contributed by atoms with E-state index in [1.165, 1.54) is 6.92 Å². The fourth-order valence-electron chi connectivity index (χ4n) is 1.87. The molecule has 14 heavy (non-hydrogen) atoms. The highest BCUT2D eigenvalue weighted by molar-refractivity contribution is 6.35. The van der Waals surface area contributed by atoms with Crippen LogP contribution >= 0.6 is 0 Å². The van der Waals surface area contributed by atoms with Crippen LogP contribution in [-0.2, 0) is 9.59 Å². The first-order chi connectivity index (χ1) is 6.52. The Bertz CT molecular complexity index is 240. The molecule has 1 unspecified atom stereocenters. The van der Waals surface area contributed by atoms with Crippen molar-refractivity contribution in [2.24, 2.45) is 0 Å². The average Bonchev–Trinajstić information content (AvgIpc) is 2.15. The van der Waals surface area contributed by atoms with Gasteiger partial charge in [-0.3, -0.25) is 9.59 Å². The standard InChI is InChI=1S/C10H18N2O2/c1-8(13)10(14)12(3)9-5-4-6-11(2)7-9/h9H,4-7H2,1-3H3. The van der Waals surface area contributed by atoms with Gasteiger partial charge in [0.05, 0.1) is 0 Å². The zero-order chi connectivity index (χ0) is 10.7. The number of rotatable bonds is 2. The second-order valence-corrected chi connectivity index (χ2v) is 4.03. The Labute approximate surface area is 84.9 Å². The predicted molar refractivity (Wildman–Crippen MR) is 54.0 cm³/mol. The fraction of sp³-hybridized carbons (Fsp3) is 0.800. The molecule has 4 heteroatoms. The number of amides is 1. The molecule has 0 aromatic carbocycles. The molecule has 0 spiro atoms. The molecule has 0 aliphatic carbocycles. The molecule has 1 saturated heterocycles. The van der Waals surface area contributed by atoms with Crippen LogP contribution in [0.25, 0.3) is 0 Å². The van der Waals surface area contributed by atoms with Gasteiger partial charge in [0, 0.05) is 26.6 Å². The minimum Gasteiger partial charge on any atom is -0.335 e. The zero-order valence-corrected chi connectivity index (χ0v) is 9.12. The van der Waals surface area contributed by atoms with E-state index in [0.29, 0.717) is 0 Å². The second-order valence-electron chi connectivity index (χ2n) is 4.03. The summed E-state index contributed by atoms with van der Waals surface area (Å²) in [4.78, 5) is 26.1. The van der Waals surface area contributed by atoms with Crippen molar-refractivity contribution in [3.8, 4) is 0 Å². The molecule has 0 N–H and O–H groups in total. The smallest absolute Gasteiger partial charge is 0.289 e. The molecule has 1 aliphatic heterocycles. The molecular formula is C10H18N2O2. The summed E-state index contributed by atoms with van der Waals surface area (Å²) in [5.74, 6) is -0.744. The molecule has 1 heterocycles. The predicted octanol–water partition coefficient (Wildman–Crippen LogP) is 0.128. The van der Waals surface area contributed by atoms with Gasteiger partial charge in [0.2, 0.25) is 5.78 Å². The van der Waals surface area contributed by atoms with Gasteiger partial charge in [-0.05, 0) is 26.4 Å². The Kier molecular flexibility index (Phi) is 3.63. The molecule has 0 saturated carbocycles. The molecule has 4 nitrogen and oxygen atoms in total. The van der Waals surface area contributed by atoms with Gasteiger partial charge in [-0.15, -0.1) is 0 Å². The third-order valence-corrected chi connectivity index (χ3v) is 2.77. The van der Waals surface area contributed by atoms with E-state index in [4.69, 9.17) is 0 Å². The normalized spacial score (nSPS) is 23.2. The topological polar surface area (TPSA) is 40.6 Å². The lowest BCUT2D eigenvalue weighted by Crippen LogP contribution is -2.48. The zero-order valence-electron chi connectivity index (χ0n) is 9.12. The number of piperidine rings is 1. The van der Waals surface area contributed by atoms with Crippen LogP contribution in [0, 0.1) is 0 Å². The number of carbonyl (C=O) groups excluding carboxylic acids is 2. The van der Waals surface area contributed by atoms with Crippen molar-refractivity contribution >= 4 is 11.7 Å². The van der Waals surface area contributed by atoms with E-state index in [9.17, 15) is 9.59 Å². The van der Waals surface area contributed by atoms with E-state index in [-0.39, 0.29) is 17.7 Å². The van der Waals surface area contributed by atoms with E-state index in [0.717, 1.165) is 25.9 Å². The van der Waals surface area contributed by atoms with E-state index in [1.807, 2.05) is 7.05 Å². The molecule has 0 bridgehead atoms. The minimum atomic E-state index is -0.374. The number of nitrogens with zero attached hydrogens (tertiary/aromatic N) is 2. The number of ketones is 1. The van der Waals surface area contributed by atoms with Crippen molar-refractivity contribution < 1.29 is 9.59 Å². The van der Waals surface area contributed by atoms with Gasteiger partial charge in [-0.25, -0.2) is 0 Å². The van der Waals surface area contributed by atoms with Crippen molar-refractivity contribution in [2.75, 3.05) is 27.2 Å². The van der Waals surface area contributed by atoms with Crippen LogP contribution < -0.4 is 0 Å². The van der Waals surface area contributed by atoms with E-state index < -0.39 is 0 Å². The number of hydrogen-bond acceptors (Lipinski definition) is 3. The number of carbonyl (C=O) groups is 2. The summed E-state index contributed by atoms with van der Waals surface area (Å²) in [7, 11) is 3.76. The maximum atomic E-state index is 11.4. The third kappa shape index (κ3) is 2.54. The monoisotopic (exact) mass is 198 g/mol. The van der Waals surface area contributed by atoms with E-state index in [1.54, 1.807) is 11.9 Å². The Morgan fingerprint density at radius 3 is 2.57 bits per heavy atom. The van der Waals surface area contributed by atoms with Crippen LogP contribution in [0.5, 0.6) is 0 Å². The Morgan fingerprint density at radius 1 is 1.43 bits per heavy atom. The molecule has 1 aliphatic rings. The quantitative estimate of drug-likeness (QED) is 0.592. The Hall–Kier alpha value is -0.900. The van der Waals surface area contributed by atoms with Crippen LogP contribution in [-0.4, -0.2) is 54.7 Å². The number of hydrogen-bond donors (Lipinski definition) is 0. The SMILES string of the molecule is CC(=O)C(=O)N(C)C1CCCN(C)C1. The maximum Gasteiger partial charge on any atom is 0.289 e. The van der Waals surface area contributed by atoms with Crippen molar-refractivity contribution in [2.45, 2.75) is 25.8 Å². The van der Waals surface area contributed by atoms with Crippen LogP contribution in [0.3, 0.4) is 0 Å². The highest BCUT2D eigenvalue weighted by atomic mass is 16.2. The molecule has 0 aromatic heterocycles. The van der Waals surface area contributed by atoms with Gasteiger partial charge >= 0.3 is 0 Å². The summed E-state index contributed by atoms with van der Waals surface area (Å²) in [5, 5.41) is 0. The Morgan fingerprint density at radius 2 is 2.07 bits per heavy atom. The molecule has 80 valence electrons. The molecule has 1 fully saturated rings. The highest BCUT2D eigenvalue weighted by Gasteiger charge is 2.25. The lowest BCUT2D eigenvalue weighted by atomic mass is 10.0. The first-order valence-corrected chi connectivity index (χ1v) is 4.98. The minimum absolute atomic E-state index is 0.199. The number of Topliss-reactive ketones (excluding diaryl/α,β-unsaturated/α-hetero) is 1. The second kappa shape index (κ2) is 4.55. The highest BCUT2D eigenvalue weighted by Crippen LogP contribution is 2.13. The van der Waals surface area contributed by atoms with Crippen LogP contribution in [0.1, 0.15) is 19.8 Å². The van der Waals surface area contributed by atoms with Crippen molar-refractivity contribution in [3.05, 3.63) is 0 Å². The molecule has 0 radical (unpaired) electrons. The molecular weight excluding hydrogens is 180 g/mol. The first kappa shape index (κ1) is 11.2. The summed E-state index contributed by atoms with van der Waals surface area (Å²) in [6.45, 7) is 3.28. The van der Waals surface area contributed by atoms with Crippen LogP contribution in [0.15, 0.2) is 0 Å². The van der Waals surface area contributed by atoms with Crippen LogP contribution in [0.4, 0.5) is 0 Å². The molecule has 1 rings (SSSR count). The van der Waals surface area contributed by atoms with Gasteiger partial charge in [0.25, 0.3) is 5.91 Å². The summed E-state index contributed by atoms with van der Waals surface area (Å²) >= 11 is 0. The third-order valence-electron chi connectivity index (χ3n) is 2.77. The fourth-order valence-corrected chi connectivity index (χ4v) is 1.87. The summed E-state index contributed by atoms with van der Waals surface area (Å²) in [5.41, 5.74) is 0. The van der Waals surface area contributed by atoms with E-state index in [2.05, 4.69) is 4.90 Å². The Balaban J connectivity index is 2.55. The van der Waals surface area contributed by atoms with Crippen LogP contribution in [0.2, 0.25) is 0 Å². The number of likely N-dealkylation sites (N-methyl/N-ethyl adjacent to an activating group) is 2. The molecule has 1 atom stereocenters. The average molecular weight is 198 g/mol. The van der Waals surface area contributed by atoms with Crippen molar-refractivity contribution in [1.29, 1.82) is 0 Å². The summed E-state index contributed by atoms with van der Waals surface area (Å²) in [6, 6.07) is 0.199. The number of likely N-dealkylation sites (tertiary alicyclic amines) is 1. The molecule has 0 aromatic rings. The van der Waals surface area contributed by atoms with Gasteiger partial charge < -0.3 is 9.80 Å². The lowest BCUT2D eigenvalue weighted by Gasteiger charge is -2.35. The van der Waals surface area contributed by atoms with Gasteiger partial charge in [-0.2, -0.15) is 0 Å². The summed E-state index contributed by atoms with van der Waals surface area (Å²) in [6.07, 6.45) is 2.09. The van der Waals surface area contributed by atoms with E-state index >= 15 is 0 Å². The largest absolute Gasteiger partial charge is 0.335 e. The van der Waals surface area contributed by atoms with Crippen molar-refractivity contribution in [1.82, 2.24) is 9.80 Å². The van der Waals surface area contributed by atoms with Crippen molar-refractivity contribution in [3.63, 3.8) is 0 Å².